The van der Waals surface area contributed by atoms with Crippen LogP contribution in [0.15, 0.2) is 12.1 Å². The van der Waals surface area contributed by atoms with Gasteiger partial charge in [-0.3, -0.25) is 0 Å². The predicted molar refractivity (Wildman–Crippen MR) is 83.2 cm³/mol. The van der Waals surface area contributed by atoms with E-state index in [1.54, 1.807) is 12.1 Å². The topological polar surface area (TPSA) is 53.4 Å². The third-order valence-electron chi connectivity index (χ3n) is 4.94. The summed E-state index contributed by atoms with van der Waals surface area (Å²) in [4.78, 5) is 6.30. The van der Waals surface area contributed by atoms with Gasteiger partial charge >= 0.3 is 0 Å². The fourth-order valence-corrected chi connectivity index (χ4v) is 4.96. The minimum Gasteiger partial charge on any atom is -0.504 e. The molecule has 0 unspecified atom stereocenters. The molecule has 0 radical (unpaired) electrons. The molecule has 0 aliphatic heterocycles. The van der Waals surface area contributed by atoms with E-state index in [1.807, 2.05) is 11.3 Å². The van der Waals surface area contributed by atoms with Gasteiger partial charge in [-0.1, -0.05) is 6.92 Å². The summed E-state index contributed by atoms with van der Waals surface area (Å²) in [5.74, 6) is 0.921. The third kappa shape index (κ3) is 1.96. The first-order valence-electron chi connectivity index (χ1n) is 7.70. The Morgan fingerprint density at radius 2 is 1.95 bits per heavy atom. The second-order valence-electron chi connectivity index (χ2n) is 6.12. The van der Waals surface area contributed by atoms with Crippen LogP contribution in [0.25, 0.3) is 0 Å². The van der Waals surface area contributed by atoms with Crippen molar-refractivity contribution in [3.63, 3.8) is 0 Å². The first-order chi connectivity index (χ1) is 10.2. The molecule has 0 amide bonds. The van der Waals surface area contributed by atoms with Crippen LogP contribution >= 0.6 is 11.3 Å². The molecule has 2 atom stereocenters. The van der Waals surface area contributed by atoms with Gasteiger partial charge in [0.1, 0.15) is 0 Å². The van der Waals surface area contributed by atoms with E-state index in [-0.39, 0.29) is 11.5 Å². The summed E-state index contributed by atoms with van der Waals surface area (Å²) in [6.07, 6.45) is 5.49. The maximum absolute atomic E-state index is 9.90. The highest BCUT2D eigenvalue weighted by Gasteiger charge is 2.37. The molecule has 4 rings (SSSR count). The number of aromatic nitrogens is 1. The highest BCUT2D eigenvalue weighted by Crippen LogP contribution is 2.49. The normalized spacial score (nSPS) is 23.3. The van der Waals surface area contributed by atoms with E-state index >= 15 is 0 Å². The molecule has 0 spiro atoms. The summed E-state index contributed by atoms with van der Waals surface area (Å²) in [6.45, 7) is 2.15. The fraction of sp³-hybridized carbons (Fsp3) is 0.471. The molecule has 2 N–H and O–H groups in total. The molecule has 0 fully saturated rings. The van der Waals surface area contributed by atoms with Crippen molar-refractivity contribution >= 4 is 11.3 Å². The minimum atomic E-state index is -0.00697. The van der Waals surface area contributed by atoms with E-state index in [0.717, 1.165) is 25.7 Å². The van der Waals surface area contributed by atoms with E-state index < -0.39 is 0 Å². The Bertz CT molecular complexity index is 707. The number of phenolic OH excluding ortho intramolecular Hbond substituents is 2. The number of fused-ring (bicyclic) bond motifs is 5. The highest BCUT2D eigenvalue weighted by atomic mass is 32.1. The molecule has 1 aromatic carbocycles. The van der Waals surface area contributed by atoms with Crippen molar-refractivity contribution in [2.45, 2.75) is 44.9 Å². The summed E-state index contributed by atoms with van der Waals surface area (Å²) < 4.78 is 0. The molecule has 1 aromatic heterocycles. The molecule has 110 valence electrons. The molecule has 2 aliphatic carbocycles. The zero-order valence-electron chi connectivity index (χ0n) is 12.1. The summed E-state index contributed by atoms with van der Waals surface area (Å²) in [6, 6.07) is 3.50. The number of hydrogen-bond donors (Lipinski definition) is 2. The smallest absolute Gasteiger partial charge is 0.157 e. The predicted octanol–water partition coefficient (Wildman–Crippen LogP) is 3.76. The van der Waals surface area contributed by atoms with E-state index in [2.05, 4.69) is 6.92 Å². The first-order valence-corrected chi connectivity index (χ1v) is 8.52. The lowest BCUT2D eigenvalue weighted by atomic mass is 9.69. The van der Waals surface area contributed by atoms with Crippen molar-refractivity contribution in [1.29, 1.82) is 0 Å². The van der Waals surface area contributed by atoms with Crippen molar-refractivity contribution < 1.29 is 10.2 Å². The molecule has 4 heteroatoms. The molecule has 2 aromatic rings. The van der Waals surface area contributed by atoms with Gasteiger partial charge in [-0.15, -0.1) is 11.3 Å². The highest BCUT2D eigenvalue weighted by molar-refractivity contribution is 7.11. The van der Waals surface area contributed by atoms with Crippen LogP contribution in [0.4, 0.5) is 0 Å². The summed E-state index contributed by atoms with van der Waals surface area (Å²) in [5, 5.41) is 20.9. The average Bonchev–Trinajstić information content (AvgIpc) is 2.91. The lowest BCUT2D eigenvalue weighted by molar-refractivity contribution is 0.354. The van der Waals surface area contributed by atoms with E-state index in [0.29, 0.717) is 11.8 Å². The van der Waals surface area contributed by atoms with Gasteiger partial charge in [0, 0.05) is 10.8 Å². The Morgan fingerprint density at radius 1 is 1.19 bits per heavy atom. The van der Waals surface area contributed by atoms with Gasteiger partial charge in [0.15, 0.2) is 11.5 Å². The quantitative estimate of drug-likeness (QED) is 0.789. The Labute approximate surface area is 128 Å². The van der Waals surface area contributed by atoms with Crippen molar-refractivity contribution in [2.75, 3.05) is 0 Å². The molecular weight excluding hydrogens is 282 g/mol. The Kier molecular flexibility index (Phi) is 2.96. The van der Waals surface area contributed by atoms with Gasteiger partial charge in [0.05, 0.1) is 10.7 Å². The lowest BCUT2D eigenvalue weighted by Crippen LogP contribution is -2.26. The lowest BCUT2D eigenvalue weighted by Gasteiger charge is -2.36. The molecule has 1 heterocycles. The number of aryl methyl sites for hydroxylation is 3. The molecule has 3 nitrogen and oxygen atoms in total. The zero-order chi connectivity index (χ0) is 14.6. The van der Waals surface area contributed by atoms with E-state index in [4.69, 9.17) is 4.98 Å². The van der Waals surface area contributed by atoms with Crippen LogP contribution < -0.4 is 0 Å². The Balaban J connectivity index is 1.88. The van der Waals surface area contributed by atoms with E-state index in [1.165, 1.54) is 33.1 Å². The van der Waals surface area contributed by atoms with Gasteiger partial charge in [0.25, 0.3) is 0 Å². The maximum Gasteiger partial charge on any atom is 0.157 e. The Hall–Kier alpha value is -1.55. The molecule has 0 saturated carbocycles. The minimum absolute atomic E-state index is 0.00393. The van der Waals surface area contributed by atoms with Gasteiger partial charge in [-0.25, -0.2) is 4.98 Å². The summed E-state index contributed by atoms with van der Waals surface area (Å²) in [5.41, 5.74) is 3.58. The number of aromatic hydroxyl groups is 2. The SMILES string of the molecule is CCc1nc2c(s1)CC[C@H]1CCc3cc(O)c(O)cc3[C@H]21. The molecule has 2 aliphatic rings. The van der Waals surface area contributed by atoms with Crippen molar-refractivity contribution in [3.05, 3.63) is 38.8 Å². The van der Waals surface area contributed by atoms with Crippen molar-refractivity contribution in [2.24, 2.45) is 5.92 Å². The first kappa shape index (κ1) is 13.1. The van der Waals surface area contributed by atoms with Crippen LogP contribution in [0.3, 0.4) is 0 Å². The molecule has 21 heavy (non-hydrogen) atoms. The van der Waals surface area contributed by atoms with Crippen LogP contribution in [-0.4, -0.2) is 15.2 Å². The van der Waals surface area contributed by atoms with Crippen LogP contribution in [0, 0.1) is 5.92 Å². The number of phenols is 2. The molecule has 0 bridgehead atoms. The molecule has 0 saturated heterocycles. The van der Waals surface area contributed by atoms with Gasteiger partial charge in [-0.05, 0) is 61.3 Å². The van der Waals surface area contributed by atoms with E-state index in [9.17, 15) is 10.2 Å². The monoisotopic (exact) mass is 301 g/mol. The number of hydrogen-bond acceptors (Lipinski definition) is 4. The zero-order valence-corrected chi connectivity index (χ0v) is 12.9. The maximum atomic E-state index is 9.90. The van der Waals surface area contributed by atoms with Gasteiger partial charge < -0.3 is 10.2 Å². The summed E-state index contributed by atoms with van der Waals surface area (Å²) in [7, 11) is 0. The fourth-order valence-electron chi connectivity index (χ4n) is 3.89. The van der Waals surface area contributed by atoms with Gasteiger partial charge in [-0.2, -0.15) is 0 Å². The second-order valence-corrected chi connectivity index (χ2v) is 7.29. The number of rotatable bonds is 1. The standard InChI is InChI=1S/C17H19NO2S/c1-2-15-18-17-14(21-15)6-5-9-3-4-10-7-12(19)13(20)8-11(10)16(9)17/h7-9,16,19-20H,2-6H2,1H3/t9-,16-/m1/s1. The van der Waals surface area contributed by atoms with Crippen molar-refractivity contribution in [3.8, 4) is 11.5 Å². The largest absolute Gasteiger partial charge is 0.504 e. The number of nitrogens with zero attached hydrogens (tertiary/aromatic N) is 1. The van der Waals surface area contributed by atoms with Crippen LogP contribution in [0.5, 0.6) is 11.5 Å². The average molecular weight is 301 g/mol. The van der Waals surface area contributed by atoms with Crippen LogP contribution in [0.1, 0.15) is 52.4 Å². The van der Waals surface area contributed by atoms with Crippen molar-refractivity contribution in [1.82, 2.24) is 4.98 Å². The van der Waals surface area contributed by atoms with Crippen LogP contribution in [-0.2, 0) is 19.3 Å². The number of thiazole rings is 1. The number of benzene rings is 1. The Morgan fingerprint density at radius 3 is 2.76 bits per heavy atom. The summed E-state index contributed by atoms with van der Waals surface area (Å²) >= 11 is 1.85. The molecular formula is C17H19NO2S. The third-order valence-corrected chi connectivity index (χ3v) is 6.21. The second kappa shape index (κ2) is 4.73. The van der Waals surface area contributed by atoms with Gasteiger partial charge in [0.2, 0.25) is 0 Å². The van der Waals surface area contributed by atoms with Crippen LogP contribution in [0.2, 0.25) is 0 Å².